The van der Waals surface area contributed by atoms with Crippen LogP contribution in [-0.4, -0.2) is 11.9 Å². The van der Waals surface area contributed by atoms with E-state index in [-0.39, 0.29) is 18.1 Å². The highest BCUT2D eigenvalue weighted by molar-refractivity contribution is 14.1. The standard InChI is InChI=1S/C26H20FI2NO3/c1-15(2)18-6-8-19(9-7-18)25-30-23(26(31)33-25)13-17-11-21(28)24(22(29)12-17)32-14-16-4-3-5-20(27)10-16/h3-13,15H,14H2,1-2H3/b23-13-. The van der Waals surface area contributed by atoms with Gasteiger partial charge in [-0.1, -0.05) is 38.1 Å². The molecular weight excluding hydrogens is 647 g/mol. The summed E-state index contributed by atoms with van der Waals surface area (Å²) in [6, 6.07) is 18.0. The molecule has 0 radical (unpaired) electrons. The molecule has 0 atom stereocenters. The second-order valence-electron chi connectivity index (χ2n) is 7.85. The van der Waals surface area contributed by atoms with Gasteiger partial charge in [-0.05, 0) is 110 Å². The monoisotopic (exact) mass is 667 g/mol. The van der Waals surface area contributed by atoms with Gasteiger partial charge in [0.2, 0.25) is 5.90 Å². The number of halogens is 3. The number of nitrogens with zero attached hydrogens (tertiary/aromatic N) is 1. The van der Waals surface area contributed by atoms with E-state index in [4.69, 9.17) is 9.47 Å². The lowest BCUT2D eigenvalue weighted by molar-refractivity contribution is -0.129. The lowest BCUT2D eigenvalue weighted by atomic mass is 10.0. The maximum absolute atomic E-state index is 13.4. The Bertz CT molecular complexity index is 1240. The predicted molar refractivity (Wildman–Crippen MR) is 144 cm³/mol. The molecule has 3 aromatic rings. The molecule has 0 N–H and O–H groups in total. The van der Waals surface area contributed by atoms with Crippen molar-refractivity contribution in [3.05, 3.63) is 102 Å². The lowest BCUT2D eigenvalue weighted by Gasteiger charge is -2.11. The van der Waals surface area contributed by atoms with Crippen LogP contribution >= 0.6 is 45.2 Å². The summed E-state index contributed by atoms with van der Waals surface area (Å²) in [5, 5.41) is 0. The van der Waals surface area contributed by atoms with Gasteiger partial charge < -0.3 is 9.47 Å². The third kappa shape index (κ3) is 5.81. The van der Waals surface area contributed by atoms with Crippen molar-refractivity contribution in [1.29, 1.82) is 0 Å². The van der Waals surface area contributed by atoms with Crippen LogP contribution in [0, 0.1) is 13.0 Å². The first-order chi connectivity index (χ1) is 15.8. The summed E-state index contributed by atoms with van der Waals surface area (Å²) in [5.41, 5.74) is 3.79. The molecule has 168 valence electrons. The van der Waals surface area contributed by atoms with Crippen LogP contribution in [0.1, 0.15) is 42.0 Å². The van der Waals surface area contributed by atoms with Crippen LogP contribution in [-0.2, 0) is 16.1 Å². The highest BCUT2D eigenvalue weighted by atomic mass is 127. The average molecular weight is 667 g/mol. The summed E-state index contributed by atoms with van der Waals surface area (Å²) >= 11 is 4.38. The number of aliphatic imine (C=N–C) groups is 1. The molecular formula is C26H20FI2NO3. The van der Waals surface area contributed by atoms with Crippen LogP contribution < -0.4 is 4.74 Å². The van der Waals surface area contributed by atoms with Crippen LogP contribution in [0.2, 0.25) is 0 Å². The highest BCUT2D eigenvalue weighted by Gasteiger charge is 2.24. The molecule has 0 bridgehead atoms. The zero-order valence-electron chi connectivity index (χ0n) is 17.9. The Morgan fingerprint density at radius 2 is 1.76 bits per heavy atom. The molecule has 1 heterocycles. The van der Waals surface area contributed by atoms with Gasteiger partial charge in [-0.25, -0.2) is 14.2 Å². The van der Waals surface area contributed by atoms with E-state index in [1.54, 1.807) is 12.1 Å². The van der Waals surface area contributed by atoms with Crippen molar-refractivity contribution in [2.75, 3.05) is 0 Å². The van der Waals surface area contributed by atoms with E-state index in [2.05, 4.69) is 64.0 Å². The van der Waals surface area contributed by atoms with Crippen LogP contribution in [0.15, 0.2) is 71.4 Å². The Kier molecular flexibility index (Phi) is 7.48. The van der Waals surface area contributed by atoms with Gasteiger partial charge in [0.15, 0.2) is 5.70 Å². The smallest absolute Gasteiger partial charge is 0.363 e. The Morgan fingerprint density at radius 3 is 2.39 bits per heavy atom. The van der Waals surface area contributed by atoms with Crippen molar-refractivity contribution in [2.24, 2.45) is 4.99 Å². The number of esters is 1. The minimum atomic E-state index is -0.477. The van der Waals surface area contributed by atoms with Gasteiger partial charge in [0.25, 0.3) is 0 Å². The lowest BCUT2D eigenvalue weighted by Crippen LogP contribution is -2.05. The van der Waals surface area contributed by atoms with Crippen molar-refractivity contribution >= 4 is 63.1 Å². The molecule has 0 fully saturated rings. The first-order valence-corrected chi connectivity index (χ1v) is 12.4. The Balaban J connectivity index is 1.54. The predicted octanol–water partition coefficient (Wildman–Crippen LogP) is 7.08. The minimum Gasteiger partial charge on any atom is -0.487 e. The van der Waals surface area contributed by atoms with Crippen LogP contribution in [0.4, 0.5) is 4.39 Å². The van der Waals surface area contributed by atoms with Crippen molar-refractivity contribution in [3.63, 3.8) is 0 Å². The quantitative estimate of drug-likeness (QED) is 0.161. The molecule has 0 saturated heterocycles. The number of hydrogen-bond acceptors (Lipinski definition) is 4. The summed E-state index contributed by atoms with van der Waals surface area (Å²) in [7, 11) is 0. The number of hydrogen-bond donors (Lipinski definition) is 0. The summed E-state index contributed by atoms with van der Waals surface area (Å²) in [6.07, 6.45) is 1.71. The normalized spacial score (nSPS) is 14.5. The van der Waals surface area contributed by atoms with Gasteiger partial charge in [-0.15, -0.1) is 0 Å². The topological polar surface area (TPSA) is 47.9 Å². The number of cyclic esters (lactones) is 1. The third-order valence-corrected chi connectivity index (χ3v) is 6.64. The number of carbonyl (C=O) groups is 1. The molecule has 1 aliphatic heterocycles. The molecule has 0 unspecified atom stereocenters. The van der Waals surface area contributed by atoms with E-state index in [0.717, 1.165) is 23.8 Å². The van der Waals surface area contributed by atoms with E-state index in [0.29, 0.717) is 17.6 Å². The molecule has 1 aliphatic rings. The maximum atomic E-state index is 13.4. The van der Waals surface area contributed by atoms with Crippen LogP contribution in [0.25, 0.3) is 6.08 Å². The van der Waals surface area contributed by atoms with Crippen LogP contribution in [0.3, 0.4) is 0 Å². The largest absolute Gasteiger partial charge is 0.487 e. The second-order valence-corrected chi connectivity index (χ2v) is 10.2. The molecule has 33 heavy (non-hydrogen) atoms. The van der Waals surface area contributed by atoms with Crippen molar-refractivity contribution in [2.45, 2.75) is 26.4 Å². The summed E-state index contributed by atoms with van der Waals surface area (Å²) in [6.45, 7) is 4.52. The first-order valence-electron chi connectivity index (χ1n) is 10.3. The fraction of sp³-hybridized carbons (Fsp3) is 0.154. The van der Waals surface area contributed by atoms with Crippen molar-refractivity contribution in [3.8, 4) is 5.75 Å². The zero-order chi connectivity index (χ0) is 23.5. The van der Waals surface area contributed by atoms with E-state index >= 15 is 0 Å². The maximum Gasteiger partial charge on any atom is 0.363 e. The van der Waals surface area contributed by atoms with E-state index < -0.39 is 5.97 Å². The molecule has 0 saturated carbocycles. The van der Waals surface area contributed by atoms with E-state index in [9.17, 15) is 9.18 Å². The summed E-state index contributed by atoms with van der Waals surface area (Å²) in [5.74, 6) is 0.677. The number of carbonyl (C=O) groups excluding carboxylic acids is 1. The summed E-state index contributed by atoms with van der Waals surface area (Å²) in [4.78, 5) is 16.8. The molecule has 7 heteroatoms. The fourth-order valence-electron chi connectivity index (χ4n) is 3.28. The van der Waals surface area contributed by atoms with Gasteiger partial charge in [-0.2, -0.15) is 0 Å². The fourth-order valence-corrected chi connectivity index (χ4v) is 5.41. The van der Waals surface area contributed by atoms with Gasteiger partial charge in [0.1, 0.15) is 18.2 Å². The zero-order valence-corrected chi connectivity index (χ0v) is 22.3. The molecule has 0 spiro atoms. The Hall–Kier alpha value is -2.27. The van der Waals surface area contributed by atoms with Gasteiger partial charge in [0.05, 0.1) is 7.14 Å². The molecule has 4 rings (SSSR count). The summed E-state index contributed by atoms with van der Waals surface area (Å²) < 4.78 is 26.5. The number of rotatable bonds is 6. The van der Waals surface area contributed by atoms with Crippen LogP contribution in [0.5, 0.6) is 5.75 Å². The van der Waals surface area contributed by atoms with Gasteiger partial charge in [0, 0.05) is 5.56 Å². The third-order valence-electron chi connectivity index (χ3n) is 5.04. The van der Waals surface area contributed by atoms with E-state index in [1.165, 1.54) is 17.7 Å². The minimum absolute atomic E-state index is 0.248. The molecule has 0 amide bonds. The molecule has 0 aliphatic carbocycles. The van der Waals surface area contributed by atoms with Gasteiger partial charge >= 0.3 is 5.97 Å². The average Bonchev–Trinajstić information content (AvgIpc) is 3.13. The van der Waals surface area contributed by atoms with Crippen molar-refractivity contribution in [1.82, 2.24) is 0 Å². The SMILES string of the molecule is CC(C)c1ccc(C2=N/C(=C\c3cc(I)c(OCc4cccc(F)c4)c(I)c3)C(=O)O2)cc1. The van der Waals surface area contributed by atoms with E-state index in [1.807, 2.05) is 42.5 Å². The molecule has 0 aromatic heterocycles. The van der Waals surface area contributed by atoms with Gasteiger partial charge in [-0.3, -0.25) is 0 Å². The Morgan fingerprint density at radius 1 is 1.06 bits per heavy atom. The molecule has 3 aromatic carbocycles. The first kappa shape index (κ1) is 23.9. The second kappa shape index (κ2) is 10.3. The van der Waals surface area contributed by atoms with Crippen molar-refractivity contribution < 1.29 is 18.7 Å². The Labute approximate surface area is 219 Å². The molecule has 4 nitrogen and oxygen atoms in total. The number of benzene rings is 3. The number of ether oxygens (including phenoxy) is 2. The highest BCUT2D eigenvalue weighted by Crippen LogP contribution is 2.31.